The fourth-order valence-corrected chi connectivity index (χ4v) is 3.93. The van der Waals surface area contributed by atoms with Gasteiger partial charge < -0.3 is 25.3 Å². The van der Waals surface area contributed by atoms with Gasteiger partial charge in [0.25, 0.3) is 5.91 Å². The molecule has 2 fully saturated rings. The Morgan fingerprint density at radius 1 is 1.17 bits per heavy atom. The van der Waals surface area contributed by atoms with Crippen LogP contribution in [0.2, 0.25) is 0 Å². The lowest BCUT2D eigenvalue weighted by atomic mass is 9.88. The molecule has 0 radical (unpaired) electrons. The van der Waals surface area contributed by atoms with Gasteiger partial charge in [-0.25, -0.2) is 0 Å². The van der Waals surface area contributed by atoms with Gasteiger partial charge in [-0.05, 0) is 31.4 Å². The Bertz CT molecular complexity index is 674. The third kappa shape index (κ3) is 6.90. The largest absolute Gasteiger partial charge is 0.459 e. The summed E-state index contributed by atoms with van der Waals surface area (Å²) in [6.07, 6.45) is 8.10. The zero-order chi connectivity index (χ0) is 19.8. The smallest absolute Gasteiger partial charge is 0.287 e. The van der Waals surface area contributed by atoms with Crippen molar-refractivity contribution in [1.82, 2.24) is 20.9 Å². The number of nitrogens with zero attached hydrogens (tertiary/aromatic N) is 2. The molecule has 1 aromatic heterocycles. The van der Waals surface area contributed by atoms with E-state index in [0.29, 0.717) is 30.7 Å². The first kappa shape index (κ1) is 23.5. The first-order valence-electron chi connectivity index (χ1n) is 10.2. The van der Waals surface area contributed by atoms with Crippen LogP contribution in [0.15, 0.2) is 27.8 Å². The summed E-state index contributed by atoms with van der Waals surface area (Å²) in [4.78, 5) is 30.7. The summed E-state index contributed by atoms with van der Waals surface area (Å²) in [5.74, 6) is 1.30. The second-order valence-corrected chi connectivity index (χ2v) is 7.48. The molecule has 1 saturated carbocycles. The van der Waals surface area contributed by atoms with Crippen molar-refractivity contribution in [3.05, 3.63) is 24.2 Å². The highest BCUT2D eigenvalue weighted by Crippen LogP contribution is 2.26. The van der Waals surface area contributed by atoms with Gasteiger partial charge in [0.1, 0.15) is 0 Å². The maximum absolute atomic E-state index is 12.7. The number of hydrogen-bond donors (Lipinski definition) is 3. The van der Waals surface area contributed by atoms with E-state index in [9.17, 15) is 9.59 Å². The molecule has 2 amide bonds. The molecular weight excluding hydrogens is 485 g/mol. The van der Waals surface area contributed by atoms with E-state index in [1.165, 1.54) is 25.5 Å². The van der Waals surface area contributed by atoms with E-state index in [-0.39, 0.29) is 41.8 Å². The van der Waals surface area contributed by atoms with Crippen molar-refractivity contribution in [3.63, 3.8) is 0 Å². The highest BCUT2D eigenvalue weighted by atomic mass is 127. The molecule has 0 aromatic carbocycles. The molecule has 1 atom stereocenters. The predicted octanol–water partition coefficient (Wildman–Crippen LogP) is 1.97. The highest BCUT2D eigenvalue weighted by Gasteiger charge is 2.31. The molecule has 3 rings (SSSR count). The Labute approximate surface area is 189 Å². The average Bonchev–Trinajstić information content (AvgIpc) is 3.42. The Kier molecular flexibility index (Phi) is 9.75. The van der Waals surface area contributed by atoms with Gasteiger partial charge in [-0.15, -0.1) is 24.0 Å². The molecule has 8 nitrogen and oxygen atoms in total. The summed E-state index contributed by atoms with van der Waals surface area (Å²) >= 11 is 0. The number of likely N-dealkylation sites (tertiary alicyclic amines) is 1. The van der Waals surface area contributed by atoms with Crippen LogP contribution < -0.4 is 16.0 Å². The van der Waals surface area contributed by atoms with Crippen molar-refractivity contribution >= 4 is 41.8 Å². The first-order valence-corrected chi connectivity index (χ1v) is 10.2. The van der Waals surface area contributed by atoms with Gasteiger partial charge in [-0.1, -0.05) is 19.3 Å². The lowest BCUT2D eigenvalue weighted by Gasteiger charge is -2.26. The van der Waals surface area contributed by atoms with Gasteiger partial charge in [0.2, 0.25) is 5.91 Å². The molecule has 0 spiro atoms. The minimum atomic E-state index is -0.234. The van der Waals surface area contributed by atoms with Gasteiger partial charge >= 0.3 is 0 Å². The van der Waals surface area contributed by atoms with Crippen molar-refractivity contribution in [2.45, 2.75) is 44.6 Å². The van der Waals surface area contributed by atoms with E-state index in [4.69, 9.17) is 4.42 Å². The molecule has 1 unspecified atom stereocenters. The molecule has 0 bridgehead atoms. The lowest BCUT2D eigenvalue weighted by molar-refractivity contribution is -0.135. The molecule has 1 saturated heterocycles. The van der Waals surface area contributed by atoms with Gasteiger partial charge in [0.05, 0.1) is 6.26 Å². The first-order chi connectivity index (χ1) is 13.7. The van der Waals surface area contributed by atoms with Crippen LogP contribution in [0.1, 0.15) is 49.1 Å². The summed E-state index contributed by atoms with van der Waals surface area (Å²) in [5, 5.41) is 9.36. The van der Waals surface area contributed by atoms with Crippen LogP contribution in [0.5, 0.6) is 0 Å². The molecule has 3 N–H and O–H groups in total. The Morgan fingerprint density at radius 3 is 2.62 bits per heavy atom. The lowest BCUT2D eigenvalue weighted by Crippen LogP contribution is -2.47. The van der Waals surface area contributed by atoms with E-state index in [0.717, 1.165) is 32.4 Å². The van der Waals surface area contributed by atoms with Gasteiger partial charge in [-0.3, -0.25) is 14.6 Å². The number of amides is 2. The fourth-order valence-electron chi connectivity index (χ4n) is 3.93. The van der Waals surface area contributed by atoms with Crippen molar-refractivity contribution in [3.8, 4) is 0 Å². The molecule has 1 aliphatic carbocycles. The number of carbonyl (C=O) groups is 2. The monoisotopic (exact) mass is 517 g/mol. The minimum Gasteiger partial charge on any atom is -0.459 e. The maximum Gasteiger partial charge on any atom is 0.287 e. The van der Waals surface area contributed by atoms with Crippen molar-refractivity contribution in [1.29, 1.82) is 0 Å². The summed E-state index contributed by atoms with van der Waals surface area (Å²) in [6, 6.07) is 3.52. The maximum atomic E-state index is 12.7. The van der Waals surface area contributed by atoms with Crippen LogP contribution >= 0.6 is 24.0 Å². The van der Waals surface area contributed by atoms with Crippen LogP contribution in [0.4, 0.5) is 0 Å². The normalized spacial score (nSPS) is 20.1. The number of furan rings is 1. The molecule has 1 aromatic rings. The Hall–Kier alpha value is -1.78. The van der Waals surface area contributed by atoms with Crippen molar-refractivity contribution in [2.75, 3.05) is 33.2 Å². The van der Waals surface area contributed by atoms with E-state index in [2.05, 4.69) is 20.9 Å². The summed E-state index contributed by atoms with van der Waals surface area (Å²) < 4.78 is 5.06. The number of nitrogens with one attached hydrogen (secondary N) is 3. The SMILES string of the molecule is CN=C(NCCNC(=O)c1ccco1)NC1CCN(C(=O)C2CCCCC2)C1.I. The molecule has 29 heavy (non-hydrogen) atoms. The van der Waals surface area contributed by atoms with Crippen molar-refractivity contribution < 1.29 is 14.0 Å². The quantitative estimate of drug-likeness (QED) is 0.232. The van der Waals surface area contributed by atoms with Crippen LogP contribution in [-0.2, 0) is 4.79 Å². The Morgan fingerprint density at radius 2 is 1.93 bits per heavy atom. The molecule has 1 aliphatic heterocycles. The van der Waals surface area contributed by atoms with E-state index < -0.39 is 0 Å². The summed E-state index contributed by atoms with van der Waals surface area (Å²) in [6.45, 7) is 2.54. The standard InChI is InChI=1S/C20H31N5O3.HI/c1-21-20(23-11-10-22-18(26)17-8-5-13-28-17)24-16-9-12-25(14-16)19(27)15-6-3-2-4-7-15;/h5,8,13,15-16H,2-4,6-7,9-12,14H2,1H3,(H,22,26)(H2,21,23,24);1H. The molecule has 2 aliphatic rings. The topological polar surface area (TPSA) is 99.0 Å². The highest BCUT2D eigenvalue weighted by molar-refractivity contribution is 14.0. The van der Waals surface area contributed by atoms with E-state index >= 15 is 0 Å². The Balaban J connectivity index is 0.00000300. The van der Waals surface area contributed by atoms with Gasteiger partial charge in [-0.2, -0.15) is 0 Å². The average molecular weight is 517 g/mol. The zero-order valence-electron chi connectivity index (χ0n) is 17.0. The van der Waals surface area contributed by atoms with Crippen molar-refractivity contribution in [2.24, 2.45) is 10.9 Å². The second kappa shape index (κ2) is 12.0. The van der Waals surface area contributed by atoms with Crippen LogP contribution in [0.3, 0.4) is 0 Å². The predicted molar refractivity (Wildman–Crippen MR) is 123 cm³/mol. The zero-order valence-corrected chi connectivity index (χ0v) is 19.3. The fraction of sp³-hybridized carbons (Fsp3) is 0.650. The van der Waals surface area contributed by atoms with Gasteiger partial charge in [0.15, 0.2) is 11.7 Å². The summed E-state index contributed by atoms with van der Waals surface area (Å²) in [7, 11) is 1.72. The van der Waals surface area contributed by atoms with Crippen LogP contribution in [0.25, 0.3) is 0 Å². The van der Waals surface area contributed by atoms with Crippen LogP contribution in [0, 0.1) is 5.92 Å². The third-order valence-corrected chi connectivity index (χ3v) is 5.47. The van der Waals surface area contributed by atoms with E-state index in [1.54, 1.807) is 19.2 Å². The number of carbonyl (C=O) groups excluding carboxylic acids is 2. The molecule has 2 heterocycles. The number of hydrogen-bond acceptors (Lipinski definition) is 4. The van der Waals surface area contributed by atoms with E-state index in [1.807, 2.05) is 4.90 Å². The number of halogens is 1. The number of rotatable bonds is 6. The number of guanidine groups is 1. The third-order valence-electron chi connectivity index (χ3n) is 5.47. The minimum absolute atomic E-state index is 0. The number of aliphatic imine (C=N–C) groups is 1. The molecule has 162 valence electrons. The molecular formula is C20H32IN5O3. The second-order valence-electron chi connectivity index (χ2n) is 7.48. The van der Waals surface area contributed by atoms with Gasteiger partial charge in [0, 0.05) is 45.2 Å². The van der Waals surface area contributed by atoms with Crippen LogP contribution in [-0.4, -0.2) is 61.9 Å². The molecule has 9 heteroatoms. The summed E-state index contributed by atoms with van der Waals surface area (Å²) in [5.41, 5.74) is 0.